The lowest BCUT2D eigenvalue weighted by molar-refractivity contribution is 0.231. The maximum Gasteiger partial charge on any atom is 0.147 e. The molecule has 0 saturated carbocycles. The summed E-state index contributed by atoms with van der Waals surface area (Å²) in [6.07, 6.45) is 6.61. The normalized spacial score (nSPS) is 15.2. The van der Waals surface area contributed by atoms with Crippen LogP contribution in [0, 0.1) is 20.0 Å². The van der Waals surface area contributed by atoms with E-state index < -0.39 is 7.55 Å². The van der Waals surface area contributed by atoms with Crippen molar-refractivity contribution in [1.29, 1.82) is 0 Å². The molecule has 0 bridgehead atoms. The topological polar surface area (TPSA) is 36.9 Å². The highest BCUT2D eigenvalue weighted by molar-refractivity contribution is 7.68. The number of rotatable bonds is 7. The minimum Gasteiger partial charge on any atom is -0.540 e. The highest BCUT2D eigenvalue weighted by Crippen LogP contribution is 2.39. The molecule has 0 radical (unpaired) electrons. The molecule has 0 spiro atoms. The summed E-state index contributed by atoms with van der Waals surface area (Å²) in [5, 5.41) is 1.26. The van der Waals surface area contributed by atoms with Gasteiger partial charge in [0.15, 0.2) is 0 Å². The summed E-state index contributed by atoms with van der Waals surface area (Å²) in [7, 11) is 5.82. The molecule has 162 valence electrons. The first-order chi connectivity index (χ1) is 15.0. The van der Waals surface area contributed by atoms with E-state index in [1.54, 1.807) is 28.4 Å². The summed E-state index contributed by atoms with van der Waals surface area (Å²) in [6, 6.07) is 12.4. The van der Waals surface area contributed by atoms with Gasteiger partial charge in [-0.25, -0.2) is 0 Å². The fraction of sp³-hybridized carbons (Fsp3) is 0.231. The number of methoxy groups -OCH3 is 4. The molecule has 1 aliphatic carbocycles. The Labute approximate surface area is 186 Å². The number of hydrogen-bond donors (Lipinski definition) is 0. The van der Waals surface area contributed by atoms with Crippen LogP contribution in [0.4, 0.5) is 0 Å². The van der Waals surface area contributed by atoms with Crippen molar-refractivity contribution in [1.82, 2.24) is 0 Å². The van der Waals surface area contributed by atoms with E-state index in [1.165, 1.54) is 16.4 Å². The second kappa shape index (κ2) is 10.4. The minimum atomic E-state index is -0.903. The van der Waals surface area contributed by atoms with E-state index in [0.29, 0.717) is 0 Å². The molecule has 4 nitrogen and oxygen atoms in total. The summed E-state index contributed by atoms with van der Waals surface area (Å²) >= 11 is 0. The number of benzene rings is 2. The van der Waals surface area contributed by atoms with Crippen molar-refractivity contribution < 1.29 is 18.9 Å². The van der Waals surface area contributed by atoms with Gasteiger partial charge in [-0.05, 0) is 54.9 Å². The molecule has 2 aromatic carbocycles. The van der Waals surface area contributed by atoms with E-state index in [9.17, 15) is 0 Å². The van der Waals surface area contributed by atoms with Crippen LogP contribution in [0.3, 0.4) is 0 Å². The molecular weight excluding hydrogens is 407 g/mol. The molecule has 3 rings (SSSR count). The molecule has 0 fully saturated rings. The van der Waals surface area contributed by atoms with Crippen LogP contribution in [0.25, 0.3) is 0 Å². The maximum atomic E-state index is 5.65. The molecule has 0 heterocycles. The quantitative estimate of drug-likeness (QED) is 0.428. The van der Waals surface area contributed by atoms with Gasteiger partial charge in [0.05, 0.1) is 27.1 Å². The standard InChI is InChI=1S/C26H29O4P/c1-18-13-14-19(2)26(15-18)31(16-20-22(27-3)9-7-10-23(20)28-4)17-21-24(29-5)11-8-12-25(21)30-6/h7-17H,1-6H3. The highest BCUT2D eigenvalue weighted by atomic mass is 31.1. The molecule has 1 unspecified atom stereocenters. The summed E-state index contributed by atoms with van der Waals surface area (Å²) in [6.45, 7) is 4.26. The van der Waals surface area contributed by atoms with Crippen LogP contribution in [0.2, 0.25) is 0 Å². The minimum absolute atomic E-state index is 0.776. The van der Waals surface area contributed by atoms with E-state index in [1.807, 2.05) is 36.4 Å². The predicted molar refractivity (Wildman–Crippen MR) is 130 cm³/mol. The van der Waals surface area contributed by atoms with Gasteiger partial charge in [0.1, 0.15) is 35.7 Å². The Hall–Kier alpha value is -2.94. The Morgan fingerprint density at radius 1 is 0.903 bits per heavy atom. The van der Waals surface area contributed by atoms with Gasteiger partial charge in [-0.2, -0.15) is 0 Å². The predicted octanol–water partition coefficient (Wildman–Crippen LogP) is 5.44. The third-order valence-electron chi connectivity index (χ3n) is 5.11. The first-order valence-corrected chi connectivity index (χ1v) is 11.5. The van der Waals surface area contributed by atoms with Crippen LogP contribution in [0.1, 0.15) is 16.7 Å². The van der Waals surface area contributed by atoms with E-state index in [2.05, 4.69) is 43.7 Å². The summed E-state index contributed by atoms with van der Waals surface area (Å²) in [5.41, 5.74) is 4.31. The van der Waals surface area contributed by atoms with Gasteiger partial charge in [-0.1, -0.05) is 18.2 Å². The molecule has 31 heavy (non-hydrogen) atoms. The van der Waals surface area contributed by atoms with Gasteiger partial charge >= 0.3 is 0 Å². The Balaban J connectivity index is 2.30. The zero-order valence-corrected chi connectivity index (χ0v) is 19.8. The van der Waals surface area contributed by atoms with E-state index in [4.69, 9.17) is 18.9 Å². The molecule has 0 N–H and O–H groups in total. The average molecular weight is 436 g/mol. The Bertz CT molecular complexity index is 1040. The number of aryl methyl sites for hydroxylation is 2. The molecule has 0 amide bonds. The monoisotopic (exact) mass is 436 g/mol. The highest BCUT2D eigenvalue weighted by Gasteiger charge is 2.21. The van der Waals surface area contributed by atoms with Crippen LogP contribution < -0.4 is 14.8 Å². The van der Waals surface area contributed by atoms with Crippen molar-refractivity contribution >= 4 is 18.6 Å². The smallest absolute Gasteiger partial charge is 0.147 e. The molecule has 0 aliphatic heterocycles. The van der Waals surface area contributed by atoms with Crippen molar-refractivity contribution in [3.63, 3.8) is 0 Å². The van der Waals surface area contributed by atoms with Gasteiger partial charge in [-0.15, -0.1) is 18.2 Å². The van der Waals surface area contributed by atoms with E-state index in [-0.39, 0.29) is 0 Å². The van der Waals surface area contributed by atoms with Crippen molar-refractivity contribution in [2.45, 2.75) is 13.8 Å². The third kappa shape index (κ3) is 5.04. The second-order valence-electron chi connectivity index (χ2n) is 7.11. The Kier molecular flexibility index (Phi) is 7.62. The molecule has 0 aromatic heterocycles. The summed E-state index contributed by atoms with van der Waals surface area (Å²) < 4.78 is 22.6. The molecular formula is C26H29O4P. The molecule has 1 atom stereocenters. The van der Waals surface area contributed by atoms with Gasteiger partial charge in [0, 0.05) is 12.9 Å². The molecule has 2 aromatic rings. The number of allylic oxidation sites excluding steroid dienone is 2. The SMILES string of the molecule is COC1=CC=C[C-](OC)C1=C[P+](=Cc1c(OC)cccc1OC)c1cc(C)ccc1C. The van der Waals surface area contributed by atoms with Crippen molar-refractivity contribution in [2.75, 3.05) is 28.4 Å². The van der Waals surface area contributed by atoms with Gasteiger partial charge in [0.25, 0.3) is 0 Å². The van der Waals surface area contributed by atoms with Crippen molar-refractivity contribution in [2.24, 2.45) is 0 Å². The average Bonchev–Trinajstić information content (AvgIpc) is 2.80. The van der Waals surface area contributed by atoms with Gasteiger partial charge in [0.2, 0.25) is 0 Å². The van der Waals surface area contributed by atoms with Crippen LogP contribution in [0.5, 0.6) is 11.5 Å². The fourth-order valence-corrected chi connectivity index (χ4v) is 5.72. The molecule has 0 saturated heterocycles. The van der Waals surface area contributed by atoms with E-state index >= 15 is 0 Å². The second-order valence-corrected chi connectivity index (χ2v) is 8.92. The van der Waals surface area contributed by atoms with E-state index in [0.717, 1.165) is 34.5 Å². The van der Waals surface area contributed by atoms with Crippen LogP contribution in [-0.2, 0) is 9.47 Å². The largest absolute Gasteiger partial charge is 0.540 e. The van der Waals surface area contributed by atoms with Gasteiger partial charge in [-0.3, -0.25) is 0 Å². The Morgan fingerprint density at radius 3 is 2.23 bits per heavy atom. The third-order valence-corrected chi connectivity index (χ3v) is 7.22. The lowest BCUT2D eigenvalue weighted by Crippen LogP contribution is -2.10. The zero-order chi connectivity index (χ0) is 22.4. The summed E-state index contributed by atoms with van der Waals surface area (Å²) in [5.74, 6) is 6.80. The first kappa shape index (κ1) is 22.7. The number of hydrogen-bond acceptors (Lipinski definition) is 4. The van der Waals surface area contributed by atoms with Crippen LogP contribution in [-0.4, -0.2) is 34.2 Å². The lowest BCUT2D eigenvalue weighted by Gasteiger charge is -2.26. The first-order valence-electron chi connectivity index (χ1n) is 9.99. The number of ether oxygens (including phenoxy) is 4. The van der Waals surface area contributed by atoms with Gasteiger partial charge < -0.3 is 18.9 Å². The fourth-order valence-electron chi connectivity index (χ4n) is 3.47. The molecule has 5 heteroatoms. The lowest BCUT2D eigenvalue weighted by atomic mass is 10.0. The van der Waals surface area contributed by atoms with Crippen molar-refractivity contribution in [3.05, 3.63) is 94.6 Å². The summed E-state index contributed by atoms with van der Waals surface area (Å²) in [4.78, 5) is 0. The van der Waals surface area contributed by atoms with Crippen molar-refractivity contribution in [3.8, 4) is 11.5 Å². The maximum absolute atomic E-state index is 5.65. The van der Waals surface area contributed by atoms with Crippen LogP contribution in [0.15, 0.2) is 71.8 Å². The molecule has 1 aliphatic rings. The Morgan fingerprint density at radius 2 is 1.61 bits per heavy atom. The van der Waals surface area contributed by atoms with Crippen LogP contribution >= 0.6 is 7.55 Å². The zero-order valence-electron chi connectivity index (χ0n) is 18.9.